The quantitative estimate of drug-likeness (QED) is 0.678. The molecule has 27 heavy (non-hydrogen) atoms. The molecule has 0 radical (unpaired) electrons. The number of fused-ring (bicyclic) bond motifs is 1. The van der Waals surface area contributed by atoms with Crippen molar-refractivity contribution in [1.29, 1.82) is 0 Å². The monoisotopic (exact) mass is 385 g/mol. The number of amides is 2. The van der Waals surface area contributed by atoms with Gasteiger partial charge in [0.15, 0.2) is 18.1 Å². The lowest BCUT2D eigenvalue weighted by Gasteiger charge is -2.14. The number of hydrogen-bond donors (Lipinski definition) is 2. The third kappa shape index (κ3) is 4.09. The fourth-order valence-electron chi connectivity index (χ4n) is 2.53. The smallest absolute Gasteiger partial charge is 0.255 e. The van der Waals surface area contributed by atoms with E-state index in [4.69, 9.17) is 26.8 Å². The van der Waals surface area contributed by atoms with Crippen molar-refractivity contribution in [3.8, 4) is 11.5 Å². The SMILES string of the molecule is COc1cc(C(=O)Nc2cccc3cccnc23)cc(Cl)c1OCC(N)=O. The Bertz CT molecular complexity index is 1020. The second-order valence-corrected chi connectivity index (χ2v) is 5.99. The third-order valence-corrected chi connectivity index (χ3v) is 4.01. The maximum atomic E-state index is 12.7. The van der Waals surface area contributed by atoms with E-state index in [1.807, 2.05) is 24.3 Å². The molecule has 8 heteroatoms. The van der Waals surface area contributed by atoms with E-state index in [0.717, 1.165) is 5.39 Å². The minimum absolute atomic E-state index is 0.122. The van der Waals surface area contributed by atoms with Gasteiger partial charge in [-0.3, -0.25) is 14.6 Å². The van der Waals surface area contributed by atoms with Crippen molar-refractivity contribution in [2.24, 2.45) is 5.73 Å². The van der Waals surface area contributed by atoms with Crippen LogP contribution in [-0.2, 0) is 4.79 Å². The van der Waals surface area contributed by atoms with Crippen LogP contribution in [0.2, 0.25) is 5.02 Å². The van der Waals surface area contributed by atoms with Gasteiger partial charge in [-0.15, -0.1) is 0 Å². The second kappa shape index (κ2) is 7.92. The Morgan fingerprint density at radius 2 is 2.00 bits per heavy atom. The van der Waals surface area contributed by atoms with Crippen molar-refractivity contribution in [3.05, 3.63) is 59.2 Å². The van der Waals surface area contributed by atoms with E-state index in [-0.39, 0.29) is 28.7 Å². The zero-order valence-electron chi connectivity index (χ0n) is 14.4. The summed E-state index contributed by atoms with van der Waals surface area (Å²) in [5.74, 6) is -0.695. The molecule has 0 atom stereocenters. The Morgan fingerprint density at radius 1 is 1.22 bits per heavy atom. The molecule has 0 spiro atoms. The Labute approximate surface area is 160 Å². The number of hydrogen-bond acceptors (Lipinski definition) is 5. The van der Waals surface area contributed by atoms with E-state index in [9.17, 15) is 9.59 Å². The number of pyridine rings is 1. The molecule has 3 rings (SSSR count). The predicted octanol–water partition coefficient (Wildman–Crippen LogP) is 3.01. The molecule has 0 saturated heterocycles. The molecule has 7 nitrogen and oxygen atoms in total. The normalized spacial score (nSPS) is 10.4. The molecule has 2 amide bonds. The van der Waals surface area contributed by atoms with Gasteiger partial charge in [-0.05, 0) is 24.3 Å². The van der Waals surface area contributed by atoms with Crippen LogP contribution in [0.1, 0.15) is 10.4 Å². The van der Waals surface area contributed by atoms with Crippen molar-refractivity contribution in [2.75, 3.05) is 19.0 Å². The molecule has 2 aromatic carbocycles. The van der Waals surface area contributed by atoms with Crippen LogP contribution in [0.4, 0.5) is 5.69 Å². The second-order valence-electron chi connectivity index (χ2n) is 5.58. The number of carbonyl (C=O) groups is 2. The summed E-state index contributed by atoms with van der Waals surface area (Å²) in [5, 5.41) is 3.84. The molecule has 1 aromatic heterocycles. The molecule has 0 bridgehead atoms. The summed E-state index contributed by atoms with van der Waals surface area (Å²) in [6.07, 6.45) is 1.66. The van der Waals surface area contributed by atoms with Crippen LogP contribution >= 0.6 is 11.6 Å². The average Bonchev–Trinajstić information content (AvgIpc) is 2.66. The molecule has 0 saturated carbocycles. The Morgan fingerprint density at radius 3 is 2.74 bits per heavy atom. The first-order valence-corrected chi connectivity index (χ1v) is 8.31. The van der Waals surface area contributed by atoms with Crippen LogP contribution in [0.5, 0.6) is 11.5 Å². The highest BCUT2D eigenvalue weighted by Gasteiger charge is 2.17. The maximum Gasteiger partial charge on any atom is 0.255 e. The summed E-state index contributed by atoms with van der Waals surface area (Å²) in [5.41, 5.74) is 6.58. The number of para-hydroxylation sites is 1. The van der Waals surface area contributed by atoms with Gasteiger partial charge in [-0.1, -0.05) is 29.8 Å². The lowest BCUT2D eigenvalue weighted by atomic mass is 10.1. The van der Waals surface area contributed by atoms with Gasteiger partial charge in [-0.25, -0.2) is 0 Å². The molecule has 3 aromatic rings. The number of ether oxygens (including phenoxy) is 2. The Hall–Kier alpha value is -3.32. The number of halogens is 1. The fourth-order valence-corrected chi connectivity index (χ4v) is 2.80. The number of nitrogens with one attached hydrogen (secondary N) is 1. The summed E-state index contributed by atoms with van der Waals surface area (Å²) in [7, 11) is 1.40. The van der Waals surface area contributed by atoms with Crippen molar-refractivity contribution in [1.82, 2.24) is 4.98 Å². The van der Waals surface area contributed by atoms with Crippen LogP contribution in [-0.4, -0.2) is 30.5 Å². The van der Waals surface area contributed by atoms with Gasteiger partial charge >= 0.3 is 0 Å². The van der Waals surface area contributed by atoms with Crippen LogP contribution in [0.25, 0.3) is 10.9 Å². The number of methoxy groups -OCH3 is 1. The highest BCUT2D eigenvalue weighted by molar-refractivity contribution is 6.33. The number of benzene rings is 2. The lowest BCUT2D eigenvalue weighted by Crippen LogP contribution is -2.20. The van der Waals surface area contributed by atoms with Gasteiger partial charge in [-0.2, -0.15) is 0 Å². The molecular formula is C19H16ClN3O4. The average molecular weight is 386 g/mol. The number of nitrogens with two attached hydrogens (primary N) is 1. The number of carbonyl (C=O) groups excluding carboxylic acids is 2. The van der Waals surface area contributed by atoms with E-state index in [0.29, 0.717) is 11.2 Å². The Kier molecular flexibility index (Phi) is 5.42. The number of aromatic nitrogens is 1. The minimum Gasteiger partial charge on any atom is -0.493 e. The molecule has 138 valence electrons. The summed E-state index contributed by atoms with van der Waals surface area (Å²) in [4.78, 5) is 27.9. The number of primary amides is 1. The number of rotatable bonds is 6. The molecule has 0 aliphatic carbocycles. The summed E-state index contributed by atoms with van der Waals surface area (Å²) in [6, 6.07) is 12.1. The van der Waals surface area contributed by atoms with E-state index in [1.165, 1.54) is 19.2 Å². The topological polar surface area (TPSA) is 104 Å². The first kappa shape index (κ1) is 18.5. The number of nitrogens with zero attached hydrogens (tertiary/aromatic N) is 1. The fraction of sp³-hybridized carbons (Fsp3) is 0.105. The third-order valence-electron chi connectivity index (χ3n) is 3.73. The molecule has 1 heterocycles. The van der Waals surface area contributed by atoms with Crippen LogP contribution < -0.4 is 20.5 Å². The largest absolute Gasteiger partial charge is 0.493 e. The molecule has 3 N–H and O–H groups in total. The maximum absolute atomic E-state index is 12.7. The minimum atomic E-state index is -0.654. The van der Waals surface area contributed by atoms with Gasteiger partial charge in [0.05, 0.1) is 23.3 Å². The highest BCUT2D eigenvalue weighted by Crippen LogP contribution is 2.36. The lowest BCUT2D eigenvalue weighted by molar-refractivity contribution is -0.119. The standard InChI is InChI=1S/C19H16ClN3O4/c1-26-15-9-12(8-13(20)18(15)27-10-16(21)24)19(25)23-14-6-2-4-11-5-3-7-22-17(11)14/h2-9H,10H2,1H3,(H2,21,24)(H,23,25). The van der Waals surface area contributed by atoms with Crippen molar-refractivity contribution >= 4 is 40.0 Å². The van der Waals surface area contributed by atoms with Gasteiger partial charge in [0.1, 0.15) is 0 Å². The van der Waals surface area contributed by atoms with Crippen LogP contribution in [0, 0.1) is 0 Å². The van der Waals surface area contributed by atoms with Crippen molar-refractivity contribution in [3.63, 3.8) is 0 Å². The van der Waals surface area contributed by atoms with Crippen molar-refractivity contribution in [2.45, 2.75) is 0 Å². The molecule has 0 aliphatic heterocycles. The van der Waals surface area contributed by atoms with E-state index >= 15 is 0 Å². The van der Waals surface area contributed by atoms with E-state index in [2.05, 4.69) is 10.3 Å². The van der Waals surface area contributed by atoms with Crippen LogP contribution in [0.3, 0.4) is 0 Å². The zero-order valence-corrected chi connectivity index (χ0v) is 15.1. The molecule has 0 fully saturated rings. The van der Waals surface area contributed by atoms with Crippen LogP contribution in [0.15, 0.2) is 48.7 Å². The van der Waals surface area contributed by atoms with Gasteiger partial charge < -0.3 is 20.5 Å². The summed E-state index contributed by atoms with van der Waals surface area (Å²) in [6.45, 7) is -0.358. The summed E-state index contributed by atoms with van der Waals surface area (Å²) < 4.78 is 10.5. The van der Waals surface area contributed by atoms with Gasteiger partial charge in [0.2, 0.25) is 0 Å². The number of anilines is 1. The molecular weight excluding hydrogens is 370 g/mol. The first-order chi connectivity index (χ1) is 13.0. The zero-order chi connectivity index (χ0) is 19.4. The van der Waals surface area contributed by atoms with E-state index in [1.54, 1.807) is 12.3 Å². The highest BCUT2D eigenvalue weighted by atomic mass is 35.5. The first-order valence-electron chi connectivity index (χ1n) is 7.93. The Balaban J connectivity index is 1.90. The van der Waals surface area contributed by atoms with Gasteiger partial charge in [0.25, 0.3) is 11.8 Å². The molecule has 0 unspecified atom stereocenters. The summed E-state index contributed by atoms with van der Waals surface area (Å²) >= 11 is 6.19. The molecule has 0 aliphatic rings. The van der Waals surface area contributed by atoms with Crippen molar-refractivity contribution < 1.29 is 19.1 Å². The van der Waals surface area contributed by atoms with Gasteiger partial charge in [0, 0.05) is 17.1 Å². The predicted molar refractivity (Wildman–Crippen MR) is 102 cm³/mol. The van der Waals surface area contributed by atoms with E-state index < -0.39 is 11.8 Å².